The van der Waals surface area contributed by atoms with Gasteiger partial charge in [0.1, 0.15) is 4.90 Å². The molecule has 0 spiro atoms. The topological polar surface area (TPSA) is 88.2 Å². The summed E-state index contributed by atoms with van der Waals surface area (Å²) in [4.78, 5) is 17.1. The number of thiazole rings is 1. The van der Waals surface area contributed by atoms with Gasteiger partial charge in [-0.15, -0.1) is 11.3 Å². The average molecular weight is 444 g/mol. The zero-order valence-corrected chi connectivity index (χ0v) is 18.8. The van der Waals surface area contributed by atoms with E-state index in [9.17, 15) is 13.2 Å². The number of nitrogens with zero attached hydrogens (tertiary/aromatic N) is 1. The third-order valence-electron chi connectivity index (χ3n) is 4.03. The molecule has 0 bridgehead atoms. The maximum atomic E-state index is 12.7. The van der Waals surface area contributed by atoms with Crippen molar-refractivity contribution >= 4 is 33.0 Å². The van der Waals surface area contributed by atoms with Gasteiger partial charge in [-0.3, -0.25) is 4.79 Å². The molecule has 3 aromatic rings. The molecule has 1 heterocycles. The lowest BCUT2D eigenvalue weighted by atomic mass is 10.1. The monoisotopic (exact) mass is 443 g/mol. The fourth-order valence-electron chi connectivity index (χ4n) is 2.90. The molecule has 0 aliphatic heterocycles. The molecule has 0 aliphatic carbocycles. The molecule has 6 nitrogen and oxygen atoms in total. The van der Waals surface area contributed by atoms with Gasteiger partial charge in [-0.1, -0.05) is 42.5 Å². The highest BCUT2D eigenvalue weighted by Gasteiger charge is 2.25. The predicted molar refractivity (Wildman–Crippen MR) is 120 cm³/mol. The van der Waals surface area contributed by atoms with Crippen LogP contribution in [0.3, 0.4) is 0 Å². The fourth-order valence-corrected chi connectivity index (χ4v) is 5.31. The lowest BCUT2D eigenvalue weighted by Gasteiger charge is -2.21. The number of hydrogen-bond donors (Lipinski definition) is 2. The maximum absolute atomic E-state index is 12.7. The van der Waals surface area contributed by atoms with Crippen molar-refractivity contribution in [2.75, 3.05) is 5.32 Å². The number of aromatic nitrogens is 1. The molecular formula is C22H25N3O3S2. The van der Waals surface area contributed by atoms with E-state index in [4.69, 9.17) is 0 Å². The number of benzene rings is 2. The third-order valence-corrected chi connectivity index (χ3v) is 6.74. The standard InChI is InChI=1S/C22H25N3O3S2/c1-22(2,3)25-30(27,28)19-12-8-7-11-18(19)24-20(26)14-17-15-29-21(23-17)13-16-9-5-4-6-10-16/h4-12,15,25H,13-14H2,1-3H3,(H,24,26). The number of anilines is 1. The van der Waals surface area contributed by atoms with E-state index in [-0.39, 0.29) is 22.9 Å². The highest BCUT2D eigenvalue weighted by Crippen LogP contribution is 2.23. The predicted octanol–water partition coefficient (Wildman–Crippen LogP) is 3.99. The summed E-state index contributed by atoms with van der Waals surface area (Å²) in [6.45, 7) is 5.29. The summed E-state index contributed by atoms with van der Waals surface area (Å²) in [6, 6.07) is 16.4. The summed E-state index contributed by atoms with van der Waals surface area (Å²) in [7, 11) is -3.78. The summed E-state index contributed by atoms with van der Waals surface area (Å²) in [5, 5.41) is 5.51. The second kappa shape index (κ2) is 9.07. The molecule has 30 heavy (non-hydrogen) atoms. The molecule has 2 aromatic carbocycles. The first-order valence-corrected chi connectivity index (χ1v) is 11.9. The van der Waals surface area contributed by atoms with Crippen LogP contribution in [0, 0.1) is 0 Å². The second-order valence-corrected chi connectivity index (χ2v) is 10.6. The SMILES string of the molecule is CC(C)(C)NS(=O)(=O)c1ccccc1NC(=O)Cc1csc(Cc2ccccc2)n1. The first-order valence-electron chi connectivity index (χ1n) is 9.52. The minimum atomic E-state index is -3.78. The number of amides is 1. The Morgan fingerprint density at radius 3 is 2.40 bits per heavy atom. The van der Waals surface area contributed by atoms with Gasteiger partial charge in [-0.05, 0) is 38.5 Å². The van der Waals surface area contributed by atoms with Crippen LogP contribution in [-0.4, -0.2) is 24.8 Å². The summed E-state index contributed by atoms with van der Waals surface area (Å²) in [6.07, 6.45) is 0.791. The van der Waals surface area contributed by atoms with Gasteiger partial charge >= 0.3 is 0 Å². The van der Waals surface area contributed by atoms with E-state index in [2.05, 4.69) is 15.0 Å². The van der Waals surface area contributed by atoms with Crippen LogP contribution in [0.1, 0.15) is 37.0 Å². The van der Waals surface area contributed by atoms with E-state index in [0.29, 0.717) is 12.1 Å². The second-order valence-electron chi connectivity index (χ2n) is 7.97. The van der Waals surface area contributed by atoms with Crippen LogP contribution in [0.4, 0.5) is 5.69 Å². The van der Waals surface area contributed by atoms with Crippen molar-refractivity contribution in [3.63, 3.8) is 0 Å². The molecule has 1 amide bonds. The van der Waals surface area contributed by atoms with Gasteiger partial charge in [0, 0.05) is 17.3 Å². The molecule has 2 N–H and O–H groups in total. The molecular weight excluding hydrogens is 418 g/mol. The van der Waals surface area contributed by atoms with Crippen molar-refractivity contribution < 1.29 is 13.2 Å². The Labute approximate surface area is 181 Å². The van der Waals surface area contributed by atoms with Crippen molar-refractivity contribution in [3.05, 3.63) is 76.2 Å². The van der Waals surface area contributed by atoms with Gasteiger partial charge in [0.15, 0.2) is 0 Å². The van der Waals surface area contributed by atoms with Crippen LogP contribution in [0.15, 0.2) is 64.9 Å². The van der Waals surface area contributed by atoms with Crippen molar-refractivity contribution in [1.29, 1.82) is 0 Å². The van der Waals surface area contributed by atoms with Gasteiger partial charge in [0.25, 0.3) is 0 Å². The first kappa shape index (κ1) is 22.1. The van der Waals surface area contributed by atoms with Gasteiger partial charge in [-0.2, -0.15) is 0 Å². The van der Waals surface area contributed by atoms with Crippen LogP contribution in [0.2, 0.25) is 0 Å². The van der Waals surface area contributed by atoms with E-state index < -0.39 is 15.6 Å². The number of carbonyl (C=O) groups excluding carboxylic acids is 1. The molecule has 0 aliphatic rings. The summed E-state index contributed by atoms with van der Waals surface area (Å²) in [5.41, 5.74) is 1.44. The van der Waals surface area contributed by atoms with E-state index in [1.165, 1.54) is 17.4 Å². The summed E-state index contributed by atoms with van der Waals surface area (Å²) < 4.78 is 28.0. The number of nitrogens with one attached hydrogen (secondary N) is 2. The normalized spacial score (nSPS) is 12.0. The van der Waals surface area contributed by atoms with Crippen molar-refractivity contribution in [2.24, 2.45) is 0 Å². The molecule has 8 heteroatoms. The molecule has 3 rings (SSSR count). The van der Waals surface area contributed by atoms with Crippen molar-refractivity contribution in [2.45, 2.75) is 44.0 Å². The van der Waals surface area contributed by atoms with E-state index in [1.54, 1.807) is 39.0 Å². The van der Waals surface area contributed by atoms with Gasteiger partial charge < -0.3 is 5.32 Å². The van der Waals surface area contributed by atoms with Crippen molar-refractivity contribution in [3.8, 4) is 0 Å². The average Bonchev–Trinajstić information content (AvgIpc) is 3.07. The number of sulfonamides is 1. The number of hydrogen-bond acceptors (Lipinski definition) is 5. The summed E-state index contributed by atoms with van der Waals surface area (Å²) in [5.74, 6) is -0.315. The van der Waals surface area contributed by atoms with Crippen LogP contribution < -0.4 is 10.0 Å². The molecule has 0 saturated heterocycles. The van der Waals surface area contributed by atoms with Crippen molar-refractivity contribution in [1.82, 2.24) is 9.71 Å². The molecule has 0 fully saturated rings. The lowest BCUT2D eigenvalue weighted by Crippen LogP contribution is -2.40. The quantitative estimate of drug-likeness (QED) is 0.578. The lowest BCUT2D eigenvalue weighted by molar-refractivity contribution is -0.115. The largest absolute Gasteiger partial charge is 0.325 e. The Morgan fingerprint density at radius 1 is 1.03 bits per heavy atom. The highest BCUT2D eigenvalue weighted by atomic mass is 32.2. The smallest absolute Gasteiger partial charge is 0.243 e. The number of rotatable bonds is 7. The Hall–Kier alpha value is -2.55. The fraction of sp³-hybridized carbons (Fsp3) is 0.273. The molecule has 0 atom stereocenters. The van der Waals surface area contributed by atoms with Crippen LogP contribution in [0.25, 0.3) is 0 Å². The molecule has 0 radical (unpaired) electrons. The third kappa shape index (κ3) is 6.22. The Kier molecular flexibility index (Phi) is 6.70. The van der Waals surface area contributed by atoms with Gasteiger partial charge in [-0.25, -0.2) is 18.1 Å². The molecule has 1 aromatic heterocycles. The Balaban J connectivity index is 1.69. The van der Waals surface area contributed by atoms with Crippen LogP contribution in [0.5, 0.6) is 0 Å². The maximum Gasteiger partial charge on any atom is 0.243 e. The Bertz CT molecular complexity index is 1120. The number of carbonyl (C=O) groups is 1. The van der Waals surface area contributed by atoms with E-state index >= 15 is 0 Å². The zero-order chi connectivity index (χ0) is 21.8. The van der Waals surface area contributed by atoms with Crippen LogP contribution in [-0.2, 0) is 27.7 Å². The Morgan fingerprint density at radius 2 is 1.70 bits per heavy atom. The number of para-hydroxylation sites is 1. The van der Waals surface area contributed by atoms with E-state index in [1.807, 2.05) is 35.7 Å². The van der Waals surface area contributed by atoms with E-state index in [0.717, 1.165) is 10.6 Å². The minimum Gasteiger partial charge on any atom is -0.325 e. The molecule has 158 valence electrons. The molecule has 0 saturated carbocycles. The minimum absolute atomic E-state index is 0.0383. The van der Waals surface area contributed by atoms with Gasteiger partial charge in [0.05, 0.1) is 22.8 Å². The van der Waals surface area contributed by atoms with Crippen LogP contribution >= 0.6 is 11.3 Å². The van der Waals surface area contributed by atoms with Gasteiger partial charge in [0.2, 0.25) is 15.9 Å². The first-order chi connectivity index (χ1) is 14.1. The highest BCUT2D eigenvalue weighted by molar-refractivity contribution is 7.89. The summed E-state index contributed by atoms with van der Waals surface area (Å²) >= 11 is 1.51. The molecule has 0 unspecified atom stereocenters. The zero-order valence-electron chi connectivity index (χ0n) is 17.2.